The quantitative estimate of drug-likeness (QED) is 0.0904. The van der Waals surface area contributed by atoms with Crippen LogP contribution in [-0.4, -0.2) is 57.3 Å². The third-order valence-electron chi connectivity index (χ3n) is 10.8. The van der Waals surface area contributed by atoms with Crippen LogP contribution in [0.4, 0.5) is 0 Å². The van der Waals surface area contributed by atoms with Crippen molar-refractivity contribution in [2.24, 2.45) is 4.99 Å². The molecule has 0 spiro atoms. The molecule has 9 heteroatoms. The predicted molar refractivity (Wildman–Crippen MR) is 227 cm³/mol. The van der Waals surface area contributed by atoms with Gasteiger partial charge in [-0.1, -0.05) is 153 Å². The van der Waals surface area contributed by atoms with Crippen LogP contribution in [0, 0.1) is 0 Å². The SMILES string of the molecule is CCC1=C(Cc2ccc(C(=O)OC)cc2)C(c2ccc(-c3ccccc3)c(-c3nnnn3C(c3ccccc3)(c3ccccc3)c3ccccc3)c2)=NC(C)N1OC. The number of nitrogens with zero attached hydrogens (tertiary/aromatic N) is 6. The molecule has 6 aromatic carbocycles. The van der Waals surface area contributed by atoms with Gasteiger partial charge in [0, 0.05) is 28.8 Å². The molecular weight excluding hydrogens is 721 g/mol. The number of rotatable bonds is 12. The molecule has 58 heavy (non-hydrogen) atoms. The first-order chi connectivity index (χ1) is 28.5. The Morgan fingerprint density at radius 3 is 1.79 bits per heavy atom. The molecule has 0 radical (unpaired) electrons. The Morgan fingerprint density at radius 2 is 1.26 bits per heavy atom. The van der Waals surface area contributed by atoms with Gasteiger partial charge >= 0.3 is 5.97 Å². The fourth-order valence-corrected chi connectivity index (χ4v) is 8.19. The van der Waals surface area contributed by atoms with Crippen LogP contribution in [0.1, 0.15) is 58.4 Å². The van der Waals surface area contributed by atoms with Crippen LogP contribution in [0.5, 0.6) is 0 Å². The van der Waals surface area contributed by atoms with Gasteiger partial charge in [-0.05, 0) is 75.4 Å². The van der Waals surface area contributed by atoms with E-state index in [0.29, 0.717) is 24.2 Å². The fourth-order valence-electron chi connectivity index (χ4n) is 8.19. The number of aromatic nitrogens is 4. The Labute approximate surface area is 338 Å². The summed E-state index contributed by atoms with van der Waals surface area (Å²) in [5.41, 5.74) is 10.3. The van der Waals surface area contributed by atoms with E-state index in [2.05, 4.69) is 115 Å². The highest BCUT2D eigenvalue weighted by atomic mass is 16.7. The van der Waals surface area contributed by atoms with Crippen LogP contribution >= 0.6 is 0 Å². The predicted octanol–water partition coefficient (Wildman–Crippen LogP) is 9.55. The number of ether oxygens (including phenoxy) is 1. The van der Waals surface area contributed by atoms with Gasteiger partial charge in [-0.25, -0.2) is 14.5 Å². The maximum absolute atomic E-state index is 12.3. The summed E-state index contributed by atoms with van der Waals surface area (Å²) in [6.07, 6.45) is 0.987. The smallest absolute Gasteiger partial charge is 0.337 e. The first kappa shape index (κ1) is 37.9. The van der Waals surface area contributed by atoms with Crippen molar-refractivity contribution >= 4 is 11.7 Å². The van der Waals surface area contributed by atoms with Crippen LogP contribution in [-0.2, 0) is 21.5 Å². The third-order valence-corrected chi connectivity index (χ3v) is 10.8. The van der Waals surface area contributed by atoms with E-state index in [4.69, 9.17) is 24.9 Å². The topological polar surface area (TPSA) is 94.7 Å². The van der Waals surface area contributed by atoms with Crippen molar-refractivity contribution in [2.75, 3.05) is 14.2 Å². The van der Waals surface area contributed by atoms with Crippen molar-refractivity contribution in [3.8, 4) is 22.5 Å². The van der Waals surface area contributed by atoms with Gasteiger partial charge < -0.3 is 4.74 Å². The van der Waals surface area contributed by atoms with Crippen molar-refractivity contribution in [2.45, 2.75) is 38.4 Å². The summed E-state index contributed by atoms with van der Waals surface area (Å²) in [4.78, 5) is 23.5. The molecule has 288 valence electrons. The Hall–Kier alpha value is -6.97. The highest BCUT2D eigenvalue weighted by molar-refractivity contribution is 6.14. The summed E-state index contributed by atoms with van der Waals surface area (Å²) >= 11 is 0. The lowest BCUT2D eigenvalue weighted by molar-refractivity contribution is -0.129. The van der Waals surface area contributed by atoms with Gasteiger partial charge in [-0.15, -0.1) is 5.10 Å². The minimum absolute atomic E-state index is 0.287. The summed E-state index contributed by atoms with van der Waals surface area (Å²) in [5, 5.41) is 16.1. The molecule has 0 aliphatic carbocycles. The first-order valence-corrected chi connectivity index (χ1v) is 19.4. The van der Waals surface area contributed by atoms with Gasteiger partial charge in [0.1, 0.15) is 11.7 Å². The summed E-state index contributed by atoms with van der Waals surface area (Å²) < 4.78 is 6.94. The lowest BCUT2D eigenvalue weighted by Gasteiger charge is -2.36. The minimum Gasteiger partial charge on any atom is -0.465 e. The number of carbonyl (C=O) groups is 1. The zero-order valence-corrected chi connectivity index (χ0v) is 33.0. The number of allylic oxidation sites excluding steroid dienone is 2. The molecule has 1 unspecified atom stereocenters. The second-order valence-corrected chi connectivity index (χ2v) is 14.1. The number of methoxy groups -OCH3 is 1. The molecule has 1 atom stereocenters. The van der Waals surface area contributed by atoms with Crippen molar-refractivity contribution in [3.63, 3.8) is 0 Å². The third kappa shape index (κ3) is 6.90. The van der Waals surface area contributed by atoms with E-state index in [1.54, 1.807) is 19.2 Å². The van der Waals surface area contributed by atoms with Crippen molar-refractivity contribution in [1.82, 2.24) is 25.3 Å². The van der Waals surface area contributed by atoms with E-state index in [-0.39, 0.29) is 12.1 Å². The number of hydrogen-bond acceptors (Lipinski definition) is 8. The zero-order valence-electron chi connectivity index (χ0n) is 33.0. The standard InChI is InChI=1S/C49H44N6O3/c1-5-45-44(32-35-26-28-37(29-27-35)48(56)57-3)46(50-34(2)54(45)58-4)38-30-31-42(36-18-10-6-11-19-36)43(33-38)47-51-52-53-55(47)49(39-20-12-7-13-21-39,40-22-14-8-15-23-40)41-24-16-9-17-25-41/h6-31,33-34H,5,32H2,1-4H3. The van der Waals surface area contributed by atoms with Crippen molar-refractivity contribution in [1.29, 1.82) is 0 Å². The largest absolute Gasteiger partial charge is 0.465 e. The normalized spacial score (nSPS) is 14.3. The van der Waals surface area contributed by atoms with Crippen LogP contribution in [0.3, 0.4) is 0 Å². The second kappa shape index (κ2) is 16.6. The maximum atomic E-state index is 12.3. The molecule has 8 rings (SSSR count). The second-order valence-electron chi connectivity index (χ2n) is 14.1. The highest BCUT2D eigenvalue weighted by Crippen LogP contribution is 2.44. The summed E-state index contributed by atoms with van der Waals surface area (Å²) in [6, 6.07) is 55.6. The number of hydroxylamine groups is 2. The molecule has 0 saturated heterocycles. The van der Waals surface area contributed by atoms with Gasteiger partial charge in [0.15, 0.2) is 5.82 Å². The Balaban J connectivity index is 1.37. The molecule has 0 saturated carbocycles. The molecule has 0 amide bonds. The van der Waals surface area contributed by atoms with Gasteiger partial charge in [0.2, 0.25) is 0 Å². The van der Waals surface area contributed by atoms with E-state index in [1.807, 2.05) is 65.2 Å². The van der Waals surface area contributed by atoms with Crippen LogP contribution < -0.4 is 0 Å². The van der Waals surface area contributed by atoms with Gasteiger partial charge in [0.25, 0.3) is 0 Å². The number of hydrogen-bond donors (Lipinski definition) is 0. The maximum Gasteiger partial charge on any atom is 0.337 e. The molecule has 1 aliphatic rings. The summed E-state index contributed by atoms with van der Waals surface area (Å²) in [7, 11) is 3.07. The Bertz CT molecular complexity index is 2470. The van der Waals surface area contributed by atoms with Crippen molar-refractivity contribution in [3.05, 3.63) is 208 Å². The zero-order chi connectivity index (χ0) is 40.1. The molecule has 0 bridgehead atoms. The Kier molecular flexibility index (Phi) is 10.9. The monoisotopic (exact) mass is 764 g/mol. The van der Waals surface area contributed by atoms with Crippen LogP contribution in [0.2, 0.25) is 0 Å². The number of benzene rings is 6. The van der Waals surface area contributed by atoms with E-state index < -0.39 is 5.54 Å². The molecular formula is C49H44N6O3. The van der Waals surface area contributed by atoms with Crippen molar-refractivity contribution < 1.29 is 14.4 Å². The number of carbonyl (C=O) groups excluding carboxylic acids is 1. The van der Waals surface area contributed by atoms with E-state index in [0.717, 1.165) is 61.5 Å². The number of aliphatic imine (C=N–C) groups is 1. The first-order valence-electron chi connectivity index (χ1n) is 19.4. The number of esters is 1. The van der Waals surface area contributed by atoms with Gasteiger partial charge in [-0.3, -0.25) is 9.83 Å². The molecule has 2 heterocycles. The lowest BCUT2D eigenvalue weighted by Crippen LogP contribution is -2.39. The molecule has 0 fully saturated rings. The molecule has 1 aromatic heterocycles. The number of tetrazole rings is 1. The van der Waals surface area contributed by atoms with Crippen LogP contribution in [0.25, 0.3) is 22.5 Å². The summed E-state index contributed by atoms with van der Waals surface area (Å²) in [5.74, 6) is 0.225. The molecule has 9 nitrogen and oxygen atoms in total. The summed E-state index contributed by atoms with van der Waals surface area (Å²) in [6.45, 7) is 4.17. The fraction of sp³-hybridized carbons (Fsp3) is 0.163. The highest BCUT2D eigenvalue weighted by Gasteiger charge is 2.42. The van der Waals surface area contributed by atoms with E-state index in [1.165, 1.54) is 7.11 Å². The molecule has 7 aromatic rings. The minimum atomic E-state index is -0.945. The lowest BCUT2D eigenvalue weighted by atomic mass is 9.76. The molecule has 1 aliphatic heterocycles. The average Bonchev–Trinajstić information content (AvgIpc) is 3.78. The molecule has 0 N–H and O–H groups in total. The van der Waals surface area contributed by atoms with E-state index >= 15 is 0 Å². The average molecular weight is 765 g/mol. The van der Waals surface area contributed by atoms with Gasteiger partial charge in [0.05, 0.1) is 25.5 Å². The van der Waals surface area contributed by atoms with Gasteiger partial charge in [-0.2, -0.15) is 0 Å². The van der Waals surface area contributed by atoms with Crippen LogP contribution in [0.15, 0.2) is 180 Å². The van der Waals surface area contributed by atoms with E-state index in [9.17, 15) is 4.79 Å². The Morgan fingerprint density at radius 1 is 0.690 bits per heavy atom.